The van der Waals surface area contributed by atoms with Crippen LogP contribution in [0.4, 0.5) is 0 Å². The molecule has 1 atom stereocenters. The van der Waals surface area contributed by atoms with Crippen LogP contribution in [0.3, 0.4) is 0 Å². The molecule has 0 spiro atoms. The van der Waals surface area contributed by atoms with E-state index in [0.717, 1.165) is 31.4 Å². The fourth-order valence-corrected chi connectivity index (χ4v) is 2.55. The molecule has 1 amide bonds. The highest BCUT2D eigenvalue weighted by molar-refractivity contribution is 6.19. The molecule has 0 bridgehead atoms. The number of ether oxygens (including phenoxy) is 1. The third kappa shape index (κ3) is 4.09. The van der Waals surface area contributed by atoms with E-state index in [2.05, 4.69) is 16.9 Å². The molecule has 1 aromatic rings. The molecule has 1 unspecified atom stereocenters. The van der Waals surface area contributed by atoms with E-state index in [0.29, 0.717) is 18.4 Å². The molecule has 1 saturated heterocycles. The predicted molar refractivity (Wildman–Crippen MR) is 86.1 cm³/mol. The first-order chi connectivity index (χ1) is 10.5. The van der Waals surface area contributed by atoms with Gasteiger partial charge in [-0.15, -0.1) is 11.6 Å². The van der Waals surface area contributed by atoms with Gasteiger partial charge in [0.2, 0.25) is 5.91 Å². The van der Waals surface area contributed by atoms with Crippen molar-refractivity contribution in [2.24, 2.45) is 5.41 Å². The molecular weight excluding hydrogens is 302 g/mol. The van der Waals surface area contributed by atoms with E-state index < -0.39 is 5.41 Å². The van der Waals surface area contributed by atoms with Gasteiger partial charge in [0.1, 0.15) is 6.10 Å². The number of hydrogen-bond acceptors (Lipinski definition) is 4. The number of carbonyl (C=O) groups is 1. The minimum absolute atomic E-state index is 0.0590. The van der Waals surface area contributed by atoms with Crippen molar-refractivity contribution < 1.29 is 9.53 Å². The van der Waals surface area contributed by atoms with E-state index in [1.807, 2.05) is 18.7 Å². The number of likely N-dealkylation sites (tertiary alicyclic amines) is 1. The topological polar surface area (TPSA) is 55.3 Å². The van der Waals surface area contributed by atoms with Gasteiger partial charge < -0.3 is 9.64 Å². The molecule has 2 rings (SSSR count). The van der Waals surface area contributed by atoms with E-state index in [1.165, 1.54) is 0 Å². The van der Waals surface area contributed by atoms with Crippen LogP contribution in [0.1, 0.15) is 39.2 Å². The lowest BCUT2D eigenvalue weighted by Crippen LogP contribution is -2.49. The minimum atomic E-state index is -0.539. The summed E-state index contributed by atoms with van der Waals surface area (Å²) in [6.07, 6.45) is 6.23. The number of carbonyl (C=O) groups excluding carboxylic acids is 1. The van der Waals surface area contributed by atoms with E-state index in [4.69, 9.17) is 16.3 Å². The summed E-state index contributed by atoms with van der Waals surface area (Å²) in [5.41, 5.74) is 0.541. The molecule has 1 aliphatic rings. The number of alkyl halides is 1. The van der Waals surface area contributed by atoms with Crippen LogP contribution in [0, 0.1) is 5.41 Å². The third-order valence-electron chi connectivity index (χ3n) is 3.94. The van der Waals surface area contributed by atoms with E-state index in [9.17, 15) is 4.79 Å². The summed E-state index contributed by atoms with van der Waals surface area (Å²) < 4.78 is 5.83. The third-order valence-corrected chi connectivity index (χ3v) is 4.61. The van der Waals surface area contributed by atoms with Crippen LogP contribution in [0.25, 0.3) is 0 Å². The van der Waals surface area contributed by atoms with Crippen molar-refractivity contribution in [2.45, 2.75) is 46.1 Å². The molecular formula is C16H24ClN3O2. The maximum absolute atomic E-state index is 12.5. The maximum Gasteiger partial charge on any atom is 0.316 e. The Morgan fingerprint density at radius 2 is 2.14 bits per heavy atom. The lowest BCUT2D eigenvalue weighted by atomic mass is 9.93. The van der Waals surface area contributed by atoms with Crippen molar-refractivity contribution in [1.29, 1.82) is 0 Å². The quantitative estimate of drug-likeness (QED) is 0.781. The zero-order valence-corrected chi connectivity index (χ0v) is 14.3. The number of halogens is 1. The van der Waals surface area contributed by atoms with Crippen molar-refractivity contribution in [2.75, 3.05) is 19.0 Å². The number of aromatic nitrogens is 2. The van der Waals surface area contributed by atoms with Gasteiger partial charge in [-0.25, -0.2) is 9.97 Å². The lowest BCUT2D eigenvalue weighted by Gasteiger charge is -2.36. The Hall–Kier alpha value is -1.36. The molecule has 0 N–H and O–H groups in total. The lowest BCUT2D eigenvalue weighted by molar-refractivity contribution is -0.142. The Kier molecular flexibility index (Phi) is 5.62. The molecule has 0 saturated carbocycles. The molecule has 1 fully saturated rings. The summed E-state index contributed by atoms with van der Waals surface area (Å²) in [6.45, 7) is 7.13. The van der Waals surface area contributed by atoms with Gasteiger partial charge in [-0.2, -0.15) is 0 Å². The molecule has 2 heterocycles. The highest BCUT2D eigenvalue weighted by atomic mass is 35.5. The van der Waals surface area contributed by atoms with Crippen molar-refractivity contribution in [1.82, 2.24) is 14.9 Å². The summed E-state index contributed by atoms with van der Waals surface area (Å²) in [4.78, 5) is 22.8. The Bertz CT molecular complexity index is 505. The zero-order chi connectivity index (χ0) is 16.2. The standard InChI is InChI=1S/C16H24ClN3O2/c1-4-12-8-18-15(19-9-12)22-13-6-5-7-20(10-13)14(21)16(2,3)11-17/h8-9,13H,4-7,10-11H2,1-3H3. The monoisotopic (exact) mass is 325 g/mol. The van der Waals surface area contributed by atoms with Crippen molar-refractivity contribution in [3.8, 4) is 6.01 Å². The van der Waals surface area contributed by atoms with Gasteiger partial charge in [-0.1, -0.05) is 6.92 Å². The van der Waals surface area contributed by atoms with Crippen LogP contribution in [0.5, 0.6) is 6.01 Å². The van der Waals surface area contributed by atoms with Gasteiger partial charge in [0.25, 0.3) is 0 Å². The average molecular weight is 326 g/mol. The van der Waals surface area contributed by atoms with E-state index >= 15 is 0 Å². The van der Waals surface area contributed by atoms with Crippen LogP contribution < -0.4 is 4.74 Å². The minimum Gasteiger partial charge on any atom is -0.458 e. The van der Waals surface area contributed by atoms with Gasteiger partial charge >= 0.3 is 6.01 Å². The molecule has 0 aliphatic carbocycles. The number of amides is 1. The first-order valence-electron chi connectivity index (χ1n) is 7.79. The van der Waals surface area contributed by atoms with Crippen LogP contribution >= 0.6 is 11.6 Å². The molecule has 0 radical (unpaired) electrons. The Morgan fingerprint density at radius 3 is 2.73 bits per heavy atom. The summed E-state index contributed by atoms with van der Waals surface area (Å²) in [5.74, 6) is 0.396. The Morgan fingerprint density at radius 1 is 1.45 bits per heavy atom. The second kappa shape index (κ2) is 7.27. The highest BCUT2D eigenvalue weighted by Gasteiger charge is 2.34. The SMILES string of the molecule is CCc1cnc(OC2CCCN(C(=O)C(C)(C)CCl)C2)nc1. The Balaban J connectivity index is 1.96. The fraction of sp³-hybridized carbons (Fsp3) is 0.688. The second-order valence-corrected chi connectivity index (χ2v) is 6.65. The smallest absolute Gasteiger partial charge is 0.316 e. The largest absolute Gasteiger partial charge is 0.458 e. The van der Waals surface area contributed by atoms with Crippen molar-refractivity contribution in [3.05, 3.63) is 18.0 Å². The summed E-state index contributed by atoms with van der Waals surface area (Å²) >= 11 is 5.90. The summed E-state index contributed by atoms with van der Waals surface area (Å²) in [6, 6.07) is 0.383. The average Bonchev–Trinajstić information content (AvgIpc) is 2.55. The second-order valence-electron chi connectivity index (χ2n) is 6.38. The fourth-order valence-electron chi connectivity index (χ4n) is 2.44. The van der Waals surface area contributed by atoms with Crippen LogP contribution in [0.15, 0.2) is 12.4 Å². The van der Waals surface area contributed by atoms with Gasteiger partial charge in [-0.05, 0) is 38.7 Å². The maximum atomic E-state index is 12.5. The van der Waals surface area contributed by atoms with E-state index in [-0.39, 0.29) is 12.0 Å². The first kappa shape index (κ1) is 17.0. The Labute approximate surface area is 137 Å². The van der Waals surface area contributed by atoms with E-state index in [1.54, 1.807) is 12.4 Å². The van der Waals surface area contributed by atoms with Gasteiger partial charge in [0.15, 0.2) is 0 Å². The molecule has 1 aromatic heterocycles. The number of hydrogen-bond donors (Lipinski definition) is 0. The molecule has 0 aromatic carbocycles. The number of nitrogens with zero attached hydrogens (tertiary/aromatic N) is 3. The van der Waals surface area contributed by atoms with Gasteiger partial charge in [-0.3, -0.25) is 4.79 Å². The number of piperidine rings is 1. The van der Waals surface area contributed by atoms with Crippen LogP contribution in [0.2, 0.25) is 0 Å². The summed E-state index contributed by atoms with van der Waals surface area (Å²) in [5, 5.41) is 0. The first-order valence-corrected chi connectivity index (χ1v) is 8.32. The number of aryl methyl sites for hydroxylation is 1. The van der Waals surface area contributed by atoms with Gasteiger partial charge in [0, 0.05) is 24.8 Å². The van der Waals surface area contributed by atoms with Crippen molar-refractivity contribution in [3.63, 3.8) is 0 Å². The molecule has 1 aliphatic heterocycles. The number of rotatable bonds is 5. The molecule has 5 nitrogen and oxygen atoms in total. The van der Waals surface area contributed by atoms with Crippen molar-refractivity contribution >= 4 is 17.5 Å². The van der Waals surface area contributed by atoms with Gasteiger partial charge in [0.05, 0.1) is 12.0 Å². The van der Waals surface area contributed by atoms with Crippen LogP contribution in [-0.4, -0.2) is 45.8 Å². The molecule has 122 valence electrons. The van der Waals surface area contributed by atoms with Crippen LogP contribution in [-0.2, 0) is 11.2 Å². The predicted octanol–water partition coefficient (Wildman–Crippen LogP) is 2.67. The zero-order valence-electron chi connectivity index (χ0n) is 13.5. The summed E-state index contributed by atoms with van der Waals surface area (Å²) in [7, 11) is 0. The highest BCUT2D eigenvalue weighted by Crippen LogP contribution is 2.24. The molecule has 6 heteroatoms. The molecule has 22 heavy (non-hydrogen) atoms. The normalized spacial score (nSPS) is 19.1.